The van der Waals surface area contributed by atoms with Crippen LogP contribution in [0.5, 0.6) is 0 Å². The van der Waals surface area contributed by atoms with Crippen LogP contribution in [0.3, 0.4) is 0 Å². The van der Waals surface area contributed by atoms with Crippen molar-refractivity contribution in [3.05, 3.63) is 71.8 Å². The van der Waals surface area contributed by atoms with Crippen molar-refractivity contribution in [1.82, 2.24) is 14.8 Å². The van der Waals surface area contributed by atoms with E-state index in [9.17, 15) is 4.39 Å². The number of hydrogen-bond donors (Lipinski definition) is 2. The molecule has 1 aromatic heterocycles. The van der Waals surface area contributed by atoms with Crippen LogP contribution < -0.4 is 10.6 Å². The monoisotopic (exact) mass is 341 g/mol. The number of nitrogens with zero attached hydrogens (tertiary/aromatic N) is 3. The number of benzene rings is 2. The topological polar surface area (TPSA) is 54.8 Å². The summed E-state index contributed by atoms with van der Waals surface area (Å²) < 4.78 is 14.8. The first-order valence-corrected chi connectivity index (χ1v) is 7.78. The Hall–Kier alpha value is -2.80. The number of rotatable bonds is 4. The number of aryl methyl sites for hydroxylation is 1. The molecule has 24 heavy (non-hydrogen) atoms. The highest BCUT2D eigenvalue weighted by molar-refractivity contribution is 7.80. The average Bonchev–Trinajstić information content (AvgIpc) is 2.96. The van der Waals surface area contributed by atoms with Gasteiger partial charge in [-0.05, 0) is 48.5 Å². The molecule has 0 aliphatic carbocycles. The molecule has 0 aliphatic heterocycles. The summed E-state index contributed by atoms with van der Waals surface area (Å²) in [7, 11) is 0. The number of hydrogen-bond acceptors (Lipinski definition) is 3. The van der Waals surface area contributed by atoms with Crippen LogP contribution in [-0.2, 0) is 6.54 Å². The van der Waals surface area contributed by atoms with Crippen LogP contribution in [-0.4, -0.2) is 19.9 Å². The third-order valence-corrected chi connectivity index (χ3v) is 3.59. The van der Waals surface area contributed by atoms with Crippen LogP contribution >= 0.6 is 12.2 Å². The summed E-state index contributed by atoms with van der Waals surface area (Å²) in [5.74, 6) is 0.118. The van der Waals surface area contributed by atoms with Crippen molar-refractivity contribution in [3.8, 4) is 0 Å². The fourth-order valence-electron chi connectivity index (χ4n) is 2.22. The number of anilines is 2. The molecule has 0 aliphatic rings. The fourth-order valence-corrected chi connectivity index (χ4v) is 2.42. The molecule has 0 atom stereocenters. The first-order chi connectivity index (χ1) is 11.6. The summed E-state index contributed by atoms with van der Waals surface area (Å²) in [6.45, 7) is 2.43. The van der Waals surface area contributed by atoms with Crippen molar-refractivity contribution in [2.45, 2.75) is 13.5 Å². The normalized spacial score (nSPS) is 10.4. The molecule has 1 heterocycles. The van der Waals surface area contributed by atoms with Gasteiger partial charge >= 0.3 is 0 Å². The molecule has 7 heteroatoms. The molecule has 0 bridgehead atoms. The molecule has 5 nitrogen and oxygen atoms in total. The van der Waals surface area contributed by atoms with E-state index in [1.807, 2.05) is 37.3 Å². The Labute approximate surface area is 144 Å². The molecule has 122 valence electrons. The highest BCUT2D eigenvalue weighted by Crippen LogP contribution is 2.13. The predicted octanol–water partition coefficient (Wildman–Crippen LogP) is 3.58. The second-order valence-corrected chi connectivity index (χ2v) is 5.70. The average molecular weight is 341 g/mol. The third-order valence-electron chi connectivity index (χ3n) is 3.39. The molecule has 0 unspecified atom stereocenters. The van der Waals surface area contributed by atoms with Gasteiger partial charge in [0.05, 0.1) is 6.54 Å². The Morgan fingerprint density at radius 1 is 1.17 bits per heavy atom. The molecule has 0 saturated carbocycles. The summed E-state index contributed by atoms with van der Waals surface area (Å²) in [5.41, 5.74) is 2.83. The van der Waals surface area contributed by atoms with Gasteiger partial charge in [0.1, 0.15) is 12.1 Å². The molecule has 0 radical (unpaired) electrons. The minimum atomic E-state index is -0.269. The Morgan fingerprint density at radius 3 is 2.79 bits per heavy atom. The first-order valence-electron chi connectivity index (χ1n) is 7.38. The Bertz CT molecular complexity index is 861. The van der Waals surface area contributed by atoms with Crippen LogP contribution in [0.2, 0.25) is 0 Å². The van der Waals surface area contributed by atoms with Gasteiger partial charge in [0.2, 0.25) is 5.95 Å². The van der Waals surface area contributed by atoms with Crippen molar-refractivity contribution in [2.75, 3.05) is 10.6 Å². The molecule has 2 N–H and O–H groups in total. The summed E-state index contributed by atoms with van der Waals surface area (Å²) >= 11 is 5.27. The lowest BCUT2D eigenvalue weighted by atomic mass is 10.2. The zero-order chi connectivity index (χ0) is 16.9. The second kappa shape index (κ2) is 7.18. The molecule has 0 fully saturated rings. The van der Waals surface area contributed by atoms with E-state index in [0.717, 1.165) is 16.8 Å². The van der Waals surface area contributed by atoms with Crippen molar-refractivity contribution >= 4 is 29.0 Å². The van der Waals surface area contributed by atoms with E-state index in [1.165, 1.54) is 12.1 Å². The van der Waals surface area contributed by atoms with Gasteiger partial charge in [0.25, 0.3) is 0 Å². The maximum atomic E-state index is 13.2. The van der Waals surface area contributed by atoms with Gasteiger partial charge in [0.15, 0.2) is 5.11 Å². The van der Waals surface area contributed by atoms with Gasteiger partial charge in [-0.15, -0.1) is 5.10 Å². The highest BCUT2D eigenvalue weighted by Gasteiger charge is 2.06. The first kappa shape index (κ1) is 16.1. The number of para-hydroxylation sites is 1. The van der Waals surface area contributed by atoms with E-state index in [-0.39, 0.29) is 5.82 Å². The summed E-state index contributed by atoms with van der Waals surface area (Å²) in [6, 6.07) is 14.2. The van der Waals surface area contributed by atoms with Crippen molar-refractivity contribution in [3.63, 3.8) is 0 Å². The Morgan fingerprint density at radius 2 is 2.00 bits per heavy atom. The van der Waals surface area contributed by atoms with Crippen LogP contribution in [0.25, 0.3) is 0 Å². The lowest BCUT2D eigenvalue weighted by molar-refractivity contribution is 0.619. The lowest BCUT2D eigenvalue weighted by Gasteiger charge is -2.10. The molecular formula is C17H16FN5S. The number of nitrogens with one attached hydrogen (secondary N) is 2. The van der Waals surface area contributed by atoms with Gasteiger partial charge in [-0.3, -0.25) is 5.32 Å². The van der Waals surface area contributed by atoms with Gasteiger partial charge in [-0.2, -0.15) is 0 Å². The molecule has 3 aromatic rings. The minimum Gasteiger partial charge on any atom is -0.332 e. The minimum absolute atomic E-state index is 0.269. The van der Waals surface area contributed by atoms with Gasteiger partial charge < -0.3 is 5.32 Å². The highest BCUT2D eigenvalue weighted by atomic mass is 32.1. The fraction of sp³-hybridized carbons (Fsp3) is 0.118. The van der Waals surface area contributed by atoms with Crippen molar-refractivity contribution < 1.29 is 4.39 Å². The Kier molecular flexibility index (Phi) is 4.81. The van der Waals surface area contributed by atoms with Gasteiger partial charge in [-0.1, -0.05) is 30.3 Å². The van der Waals surface area contributed by atoms with Crippen molar-refractivity contribution in [1.29, 1.82) is 0 Å². The maximum Gasteiger partial charge on any atom is 0.248 e. The van der Waals surface area contributed by atoms with Crippen LogP contribution in [0.15, 0.2) is 54.9 Å². The van der Waals surface area contributed by atoms with Gasteiger partial charge in [0, 0.05) is 5.69 Å². The zero-order valence-electron chi connectivity index (χ0n) is 13.0. The molecule has 2 aromatic carbocycles. The van der Waals surface area contributed by atoms with Crippen molar-refractivity contribution in [2.24, 2.45) is 0 Å². The van der Waals surface area contributed by atoms with E-state index in [1.54, 1.807) is 17.1 Å². The predicted molar refractivity (Wildman–Crippen MR) is 96.5 cm³/mol. The zero-order valence-corrected chi connectivity index (χ0v) is 13.8. The SMILES string of the molecule is Cc1ccccc1NC(=S)Nc1ncn(Cc2cccc(F)c2)n1. The molecule has 0 spiro atoms. The molecular weight excluding hydrogens is 325 g/mol. The van der Waals surface area contributed by atoms with E-state index in [4.69, 9.17) is 12.2 Å². The van der Waals surface area contributed by atoms with Gasteiger partial charge in [-0.25, -0.2) is 14.1 Å². The second-order valence-electron chi connectivity index (χ2n) is 5.29. The van der Waals surface area contributed by atoms with E-state index in [0.29, 0.717) is 17.6 Å². The largest absolute Gasteiger partial charge is 0.332 e. The smallest absolute Gasteiger partial charge is 0.248 e. The van der Waals surface area contributed by atoms with Crippen LogP contribution in [0.4, 0.5) is 16.0 Å². The quantitative estimate of drug-likeness (QED) is 0.711. The third kappa shape index (κ3) is 4.14. The number of thiocarbonyl (C=S) groups is 1. The number of aromatic nitrogens is 3. The standard InChI is InChI=1S/C17H16FN5S/c1-12-5-2-3-8-15(12)20-17(24)21-16-19-11-23(22-16)10-13-6-4-7-14(18)9-13/h2-9,11H,10H2,1H3,(H2,20,21,22,24). The maximum absolute atomic E-state index is 13.2. The van der Waals surface area contributed by atoms with E-state index < -0.39 is 0 Å². The molecule has 0 amide bonds. The van der Waals surface area contributed by atoms with Crippen LogP contribution in [0.1, 0.15) is 11.1 Å². The summed E-state index contributed by atoms with van der Waals surface area (Å²) in [4.78, 5) is 4.16. The summed E-state index contributed by atoms with van der Waals surface area (Å²) in [5, 5.41) is 10.7. The Balaban J connectivity index is 1.61. The van der Waals surface area contributed by atoms with Crippen LogP contribution in [0, 0.1) is 12.7 Å². The molecule has 0 saturated heterocycles. The van der Waals surface area contributed by atoms with E-state index in [2.05, 4.69) is 20.7 Å². The lowest BCUT2D eigenvalue weighted by Crippen LogP contribution is -2.20. The van der Waals surface area contributed by atoms with E-state index >= 15 is 0 Å². The summed E-state index contributed by atoms with van der Waals surface area (Å²) in [6.07, 6.45) is 1.57. The molecule has 3 rings (SSSR count). The number of halogens is 1.